The number of imide groups is 1. The highest BCUT2D eigenvalue weighted by Crippen LogP contribution is 2.46. The van der Waals surface area contributed by atoms with Gasteiger partial charge < -0.3 is 0 Å². The highest BCUT2D eigenvalue weighted by Gasteiger charge is 2.64. The zero-order chi connectivity index (χ0) is 22.6. The third kappa shape index (κ3) is 2.90. The van der Waals surface area contributed by atoms with E-state index >= 15 is 0 Å². The van der Waals surface area contributed by atoms with Crippen LogP contribution < -0.4 is 4.90 Å². The summed E-state index contributed by atoms with van der Waals surface area (Å²) >= 11 is 0. The molecule has 32 heavy (non-hydrogen) atoms. The van der Waals surface area contributed by atoms with Gasteiger partial charge in [-0.2, -0.15) is 5.10 Å². The number of ketones is 2. The van der Waals surface area contributed by atoms with E-state index in [0.717, 1.165) is 4.90 Å². The van der Waals surface area contributed by atoms with Crippen LogP contribution in [-0.2, 0) is 9.59 Å². The minimum absolute atomic E-state index is 0.127. The fourth-order valence-electron chi connectivity index (χ4n) is 4.72. The summed E-state index contributed by atoms with van der Waals surface area (Å²) < 4.78 is 13.4. The molecule has 5 rings (SSSR count). The molecule has 2 aromatic rings. The molecule has 0 N–H and O–H groups in total. The Labute approximate surface area is 182 Å². The van der Waals surface area contributed by atoms with Crippen molar-refractivity contribution in [3.8, 4) is 0 Å². The summed E-state index contributed by atoms with van der Waals surface area (Å²) in [5.74, 6) is -3.62. The van der Waals surface area contributed by atoms with Crippen molar-refractivity contribution >= 4 is 35.3 Å². The second kappa shape index (κ2) is 7.33. The summed E-state index contributed by atoms with van der Waals surface area (Å²) in [4.78, 5) is 52.9. The van der Waals surface area contributed by atoms with Crippen LogP contribution in [0.5, 0.6) is 0 Å². The molecule has 4 atom stereocenters. The molecule has 8 heteroatoms. The van der Waals surface area contributed by atoms with E-state index < -0.39 is 47.3 Å². The number of fused-ring (bicyclic) bond motifs is 3. The summed E-state index contributed by atoms with van der Waals surface area (Å²) in [6.07, 6.45) is 4.96. The van der Waals surface area contributed by atoms with Gasteiger partial charge in [-0.1, -0.05) is 6.08 Å². The maximum Gasteiger partial charge on any atom is 0.240 e. The lowest BCUT2D eigenvalue weighted by atomic mass is 9.86. The monoisotopic (exact) mass is 431 g/mol. The summed E-state index contributed by atoms with van der Waals surface area (Å²) in [7, 11) is 0. The Balaban J connectivity index is 1.55. The van der Waals surface area contributed by atoms with E-state index in [4.69, 9.17) is 0 Å². The van der Waals surface area contributed by atoms with Crippen molar-refractivity contribution in [3.63, 3.8) is 0 Å². The van der Waals surface area contributed by atoms with Gasteiger partial charge >= 0.3 is 0 Å². The fourth-order valence-corrected chi connectivity index (χ4v) is 4.72. The summed E-state index contributed by atoms with van der Waals surface area (Å²) in [5, 5.41) is 5.79. The SMILES string of the molecule is CC(=O)c1ccc(N2C(=O)[C@@H]3[C@H](C2=O)[C@H]2C=CC=NN2[C@@H]3C(=O)c2ccc(F)cc2)cc1. The van der Waals surface area contributed by atoms with Crippen molar-refractivity contribution in [2.24, 2.45) is 16.9 Å². The molecule has 0 bridgehead atoms. The Hall–Kier alpha value is -3.94. The maximum atomic E-state index is 13.5. The predicted octanol–water partition coefficient (Wildman–Crippen LogP) is 2.63. The number of anilines is 1. The molecule has 0 unspecified atom stereocenters. The molecule has 2 amide bonds. The molecule has 7 nitrogen and oxygen atoms in total. The first kappa shape index (κ1) is 20.0. The van der Waals surface area contributed by atoms with Gasteiger partial charge in [0.05, 0.1) is 23.6 Å². The molecule has 2 fully saturated rings. The zero-order valence-corrected chi connectivity index (χ0v) is 17.0. The first-order valence-electron chi connectivity index (χ1n) is 10.2. The van der Waals surface area contributed by atoms with E-state index in [2.05, 4.69) is 5.10 Å². The van der Waals surface area contributed by atoms with Crippen molar-refractivity contribution in [1.29, 1.82) is 0 Å². The number of carbonyl (C=O) groups excluding carboxylic acids is 4. The average Bonchev–Trinajstić information content (AvgIpc) is 3.26. The van der Waals surface area contributed by atoms with Crippen LogP contribution in [0.2, 0.25) is 0 Å². The smallest absolute Gasteiger partial charge is 0.240 e. The third-order valence-electron chi connectivity index (χ3n) is 6.22. The Morgan fingerprint density at radius 1 is 0.906 bits per heavy atom. The molecule has 3 aliphatic heterocycles. The van der Waals surface area contributed by atoms with Crippen molar-refractivity contribution in [1.82, 2.24) is 5.01 Å². The maximum absolute atomic E-state index is 13.5. The molecule has 2 saturated heterocycles. The normalized spacial score (nSPS) is 25.8. The van der Waals surface area contributed by atoms with Gasteiger partial charge in [-0.05, 0) is 61.5 Å². The molecule has 160 valence electrons. The second-order valence-electron chi connectivity index (χ2n) is 8.00. The first-order chi connectivity index (χ1) is 15.4. The number of Topliss-reactive ketones (excluding diaryl/α,β-unsaturated/α-hetero) is 2. The van der Waals surface area contributed by atoms with Crippen molar-refractivity contribution < 1.29 is 23.6 Å². The van der Waals surface area contributed by atoms with Crippen LogP contribution >= 0.6 is 0 Å². The number of amides is 2. The number of hydrogen-bond donors (Lipinski definition) is 0. The first-order valence-corrected chi connectivity index (χ1v) is 10.2. The molecular formula is C24H18FN3O4. The zero-order valence-electron chi connectivity index (χ0n) is 17.0. The summed E-state index contributed by atoms with van der Waals surface area (Å²) in [6.45, 7) is 1.43. The van der Waals surface area contributed by atoms with Gasteiger partial charge in [0, 0.05) is 17.3 Å². The van der Waals surface area contributed by atoms with E-state index in [9.17, 15) is 23.6 Å². The fraction of sp³-hybridized carbons (Fsp3) is 0.208. The van der Waals surface area contributed by atoms with E-state index in [1.165, 1.54) is 42.4 Å². The second-order valence-corrected chi connectivity index (χ2v) is 8.00. The molecule has 0 radical (unpaired) electrons. The quantitative estimate of drug-likeness (QED) is 0.549. The van der Waals surface area contributed by atoms with Crippen LogP contribution in [0.4, 0.5) is 10.1 Å². The molecule has 0 aliphatic carbocycles. The minimum Gasteiger partial charge on any atom is -0.295 e. The van der Waals surface area contributed by atoms with Crippen LogP contribution in [0.25, 0.3) is 0 Å². The van der Waals surface area contributed by atoms with Crippen LogP contribution in [0.1, 0.15) is 27.6 Å². The van der Waals surface area contributed by atoms with Crippen molar-refractivity contribution in [2.45, 2.75) is 19.0 Å². The Kier molecular flexibility index (Phi) is 4.58. The molecule has 3 heterocycles. The van der Waals surface area contributed by atoms with Crippen LogP contribution in [0, 0.1) is 17.7 Å². The minimum atomic E-state index is -0.991. The highest BCUT2D eigenvalue weighted by atomic mass is 19.1. The van der Waals surface area contributed by atoms with Gasteiger partial charge in [-0.3, -0.25) is 24.2 Å². The van der Waals surface area contributed by atoms with Crippen LogP contribution in [-0.4, -0.2) is 46.7 Å². The van der Waals surface area contributed by atoms with Gasteiger partial charge in [-0.15, -0.1) is 0 Å². The number of nitrogens with zero attached hydrogens (tertiary/aromatic N) is 3. The van der Waals surface area contributed by atoms with Gasteiger partial charge in [0.2, 0.25) is 11.8 Å². The van der Waals surface area contributed by atoms with Gasteiger partial charge in [0.25, 0.3) is 0 Å². The average molecular weight is 431 g/mol. The van der Waals surface area contributed by atoms with Gasteiger partial charge in [0.1, 0.15) is 11.9 Å². The number of hydrogen-bond acceptors (Lipinski definition) is 6. The highest BCUT2D eigenvalue weighted by molar-refractivity contribution is 6.24. The van der Waals surface area contributed by atoms with Gasteiger partial charge in [0.15, 0.2) is 11.6 Å². The largest absolute Gasteiger partial charge is 0.295 e. The summed E-state index contributed by atoms with van der Waals surface area (Å²) in [5.41, 5.74) is 1.06. The number of halogens is 1. The number of allylic oxidation sites excluding steroid dienone is 1. The van der Waals surface area contributed by atoms with Crippen molar-refractivity contribution in [3.05, 3.63) is 77.6 Å². The topological polar surface area (TPSA) is 87.1 Å². The standard InChI is InChI=1S/C24H18FN3O4/c1-13(29)14-6-10-17(11-7-14)27-23(31)19-18-3-2-12-26-28(18)21(20(19)24(27)32)22(30)15-4-8-16(25)9-5-15/h2-12,18-21H,1H3/t18-,19-,20-,21+/m1/s1. The van der Waals surface area contributed by atoms with Crippen LogP contribution in [0.15, 0.2) is 65.8 Å². The molecule has 2 aromatic carbocycles. The lowest BCUT2D eigenvalue weighted by molar-refractivity contribution is -0.123. The van der Waals surface area contributed by atoms with E-state index in [-0.39, 0.29) is 11.3 Å². The van der Waals surface area contributed by atoms with E-state index in [0.29, 0.717) is 11.3 Å². The molecule has 0 aromatic heterocycles. The third-order valence-corrected chi connectivity index (χ3v) is 6.22. The lowest BCUT2D eigenvalue weighted by Crippen LogP contribution is -2.46. The van der Waals surface area contributed by atoms with Crippen molar-refractivity contribution in [2.75, 3.05) is 4.90 Å². The van der Waals surface area contributed by atoms with E-state index in [1.807, 2.05) is 0 Å². The number of hydrazone groups is 1. The lowest BCUT2D eigenvalue weighted by Gasteiger charge is -2.30. The predicted molar refractivity (Wildman–Crippen MR) is 114 cm³/mol. The van der Waals surface area contributed by atoms with E-state index in [1.54, 1.807) is 36.4 Å². The molecular weight excluding hydrogens is 413 g/mol. The Morgan fingerprint density at radius 3 is 2.19 bits per heavy atom. The molecule has 0 spiro atoms. The number of rotatable bonds is 4. The summed E-state index contributed by atoms with van der Waals surface area (Å²) in [6, 6.07) is 9.78. The molecule has 0 saturated carbocycles. The molecule has 3 aliphatic rings. The number of benzene rings is 2. The van der Waals surface area contributed by atoms with Gasteiger partial charge in [-0.25, -0.2) is 9.29 Å². The number of carbonyl (C=O) groups is 4. The Bertz CT molecular complexity index is 1200. The van der Waals surface area contributed by atoms with Crippen LogP contribution in [0.3, 0.4) is 0 Å². The Morgan fingerprint density at radius 2 is 1.53 bits per heavy atom.